The van der Waals surface area contributed by atoms with Crippen molar-refractivity contribution in [1.82, 2.24) is 14.7 Å². The van der Waals surface area contributed by atoms with Gasteiger partial charge in [0.1, 0.15) is 5.82 Å². The smallest absolute Gasteiger partial charge is 0.308 e. The Hall–Kier alpha value is -2.70. The molecule has 0 aliphatic carbocycles. The van der Waals surface area contributed by atoms with Gasteiger partial charge in [0.05, 0.1) is 29.1 Å². The molecule has 6 nitrogen and oxygen atoms in total. The minimum Gasteiger partial charge on any atom is -0.481 e. The molecule has 1 aliphatic heterocycles. The van der Waals surface area contributed by atoms with Gasteiger partial charge in [0.15, 0.2) is 0 Å². The first kappa shape index (κ1) is 15.2. The summed E-state index contributed by atoms with van der Waals surface area (Å²) in [6.07, 6.45) is 1.93. The van der Waals surface area contributed by atoms with E-state index in [4.69, 9.17) is 5.11 Å². The van der Waals surface area contributed by atoms with Crippen molar-refractivity contribution in [2.75, 3.05) is 13.1 Å². The zero-order valence-electron chi connectivity index (χ0n) is 12.6. The standard InChI is InChI=1S/C16H16FN3O3/c1-10-14(15(21)19-7-6-11(9-19)16(22)23)8-18-20(10)13-4-2-12(17)3-5-13/h2-5,8,11H,6-7,9H2,1H3,(H,22,23). The van der Waals surface area contributed by atoms with E-state index in [9.17, 15) is 14.0 Å². The van der Waals surface area contributed by atoms with Gasteiger partial charge in [-0.1, -0.05) is 0 Å². The van der Waals surface area contributed by atoms with Crippen molar-refractivity contribution < 1.29 is 19.1 Å². The van der Waals surface area contributed by atoms with Crippen LogP contribution in [0, 0.1) is 18.7 Å². The molecular formula is C16H16FN3O3. The summed E-state index contributed by atoms with van der Waals surface area (Å²) in [5, 5.41) is 13.2. The van der Waals surface area contributed by atoms with Crippen LogP contribution in [0.25, 0.3) is 5.69 Å². The molecule has 1 N–H and O–H groups in total. The summed E-state index contributed by atoms with van der Waals surface area (Å²) in [6, 6.07) is 5.82. The molecule has 2 aromatic rings. The Kier molecular flexibility index (Phi) is 3.85. The summed E-state index contributed by atoms with van der Waals surface area (Å²) in [4.78, 5) is 25.1. The highest BCUT2D eigenvalue weighted by Crippen LogP contribution is 2.21. The number of aliphatic carboxylic acids is 1. The predicted molar refractivity (Wildman–Crippen MR) is 79.9 cm³/mol. The second-order valence-corrected chi connectivity index (χ2v) is 5.61. The highest BCUT2D eigenvalue weighted by atomic mass is 19.1. The van der Waals surface area contributed by atoms with E-state index >= 15 is 0 Å². The Labute approximate surface area is 132 Å². The first-order valence-corrected chi connectivity index (χ1v) is 7.30. The van der Waals surface area contributed by atoms with Crippen LogP contribution in [0.2, 0.25) is 0 Å². The lowest BCUT2D eigenvalue weighted by atomic mass is 10.1. The maximum atomic E-state index is 13.0. The number of carbonyl (C=O) groups excluding carboxylic acids is 1. The van der Waals surface area contributed by atoms with E-state index in [-0.39, 0.29) is 18.3 Å². The summed E-state index contributed by atoms with van der Waals surface area (Å²) in [7, 11) is 0. The quantitative estimate of drug-likeness (QED) is 0.937. The van der Waals surface area contributed by atoms with Gasteiger partial charge in [-0.2, -0.15) is 5.10 Å². The lowest BCUT2D eigenvalue weighted by molar-refractivity contribution is -0.141. The molecule has 3 rings (SSSR count). The summed E-state index contributed by atoms with van der Waals surface area (Å²) < 4.78 is 14.6. The number of benzene rings is 1. The largest absolute Gasteiger partial charge is 0.481 e. The predicted octanol–water partition coefficient (Wildman–Crippen LogP) is 1.87. The number of hydrogen-bond donors (Lipinski definition) is 1. The third kappa shape index (κ3) is 2.81. The molecule has 7 heteroatoms. The Morgan fingerprint density at radius 1 is 1.30 bits per heavy atom. The molecule has 1 amide bonds. The Balaban J connectivity index is 1.83. The van der Waals surface area contributed by atoms with Crippen molar-refractivity contribution in [3.05, 3.63) is 47.5 Å². The zero-order chi connectivity index (χ0) is 16.6. The Bertz CT molecular complexity index is 754. The van der Waals surface area contributed by atoms with Gasteiger partial charge in [0, 0.05) is 13.1 Å². The number of carboxylic acid groups (broad SMARTS) is 1. The molecule has 1 fully saturated rings. The van der Waals surface area contributed by atoms with Crippen LogP contribution in [-0.4, -0.2) is 44.8 Å². The molecule has 1 aromatic carbocycles. The average Bonchev–Trinajstić information content (AvgIpc) is 3.15. The number of aromatic nitrogens is 2. The molecule has 0 bridgehead atoms. The van der Waals surface area contributed by atoms with E-state index in [1.165, 1.54) is 23.2 Å². The highest BCUT2D eigenvalue weighted by Gasteiger charge is 2.32. The van der Waals surface area contributed by atoms with Crippen molar-refractivity contribution in [3.8, 4) is 5.69 Å². The maximum Gasteiger partial charge on any atom is 0.308 e. The summed E-state index contributed by atoms with van der Waals surface area (Å²) in [6.45, 7) is 2.40. The van der Waals surface area contributed by atoms with Crippen molar-refractivity contribution in [1.29, 1.82) is 0 Å². The van der Waals surface area contributed by atoms with E-state index in [0.717, 1.165) is 0 Å². The molecular weight excluding hydrogens is 301 g/mol. The first-order valence-electron chi connectivity index (χ1n) is 7.30. The second kappa shape index (κ2) is 5.83. The van der Waals surface area contributed by atoms with Crippen LogP contribution >= 0.6 is 0 Å². The fourth-order valence-electron chi connectivity index (χ4n) is 2.78. The van der Waals surface area contributed by atoms with E-state index in [2.05, 4.69) is 5.10 Å². The third-order valence-electron chi connectivity index (χ3n) is 4.14. The summed E-state index contributed by atoms with van der Waals surface area (Å²) >= 11 is 0. The van der Waals surface area contributed by atoms with Crippen LogP contribution in [0.5, 0.6) is 0 Å². The lowest BCUT2D eigenvalue weighted by Crippen LogP contribution is -2.30. The van der Waals surface area contributed by atoms with Gasteiger partial charge >= 0.3 is 5.97 Å². The Morgan fingerprint density at radius 2 is 2.00 bits per heavy atom. The van der Waals surface area contributed by atoms with Gasteiger partial charge in [0.25, 0.3) is 5.91 Å². The van der Waals surface area contributed by atoms with E-state index < -0.39 is 11.9 Å². The van der Waals surface area contributed by atoms with Gasteiger partial charge in [-0.3, -0.25) is 9.59 Å². The third-order valence-corrected chi connectivity index (χ3v) is 4.14. The lowest BCUT2D eigenvalue weighted by Gasteiger charge is -2.15. The maximum absolute atomic E-state index is 13.0. The summed E-state index contributed by atoms with van der Waals surface area (Å²) in [5.41, 5.74) is 1.73. The summed E-state index contributed by atoms with van der Waals surface area (Å²) in [5.74, 6) is -1.95. The number of amides is 1. The average molecular weight is 317 g/mol. The van der Waals surface area contributed by atoms with Crippen LogP contribution < -0.4 is 0 Å². The van der Waals surface area contributed by atoms with E-state index in [1.807, 2.05) is 0 Å². The molecule has 23 heavy (non-hydrogen) atoms. The van der Waals surface area contributed by atoms with E-state index in [0.29, 0.717) is 29.9 Å². The Morgan fingerprint density at radius 3 is 2.61 bits per heavy atom. The van der Waals surface area contributed by atoms with Crippen LogP contribution in [-0.2, 0) is 4.79 Å². The first-order chi connectivity index (χ1) is 11.0. The SMILES string of the molecule is Cc1c(C(=O)N2CCC(C(=O)O)C2)cnn1-c1ccc(F)cc1. The normalized spacial score (nSPS) is 17.5. The van der Waals surface area contributed by atoms with Crippen molar-refractivity contribution in [2.24, 2.45) is 5.92 Å². The minimum absolute atomic E-state index is 0.218. The zero-order valence-corrected chi connectivity index (χ0v) is 12.6. The number of carbonyl (C=O) groups is 2. The van der Waals surface area contributed by atoms with Crippen molar-refractivity contribution in [3.63, 3.8) is 0 Å². The fourth-order valence-corrected chi connectivity index (χ4v) is 2.78. The minimum atomic E-state index is -0.876. The number of rotatable bonds is 3. The molecule has 1 atom stereocenters. The topological polar surface area (TPSA) is 75.4 Å². The van der Waals surface area contributed by atoms with Crippen LogP contribution in [0.4, 0.5) is 4.39 Å². The van der Waals surface area contributed by atoms with Gasteiger partial charge < -0.3 is 10.0 Å². The van der Waals surface area contributed by atoms with E-state index in [1.54, 1.807) is 23.7 Å². The number of nitrogens with zero attached hydrogens (tertiary/aromatic N) is 3. The fraction of sp³-hybridized carbons (Fsp3) is 0.312. The molecule has 120 valence electrons. The molecule has 1 aromatic heterocycles. The molecule has 0 saturated carbocycles. The van der Waals surface area contributed by atoms with Gasteiger partial charge in [-0.05, 0) is 37.6 Å². The number of likely N-dealkylation sites (tertiary alicyclic amines) is 1. The van der Waals surface area contributed by atoms with Crippen molar-refractivity contribution in [2.45, 2.75) is 13.3 Å². The number of halogens is 1. The van der Waals surface area contributed by atoms with Crippen LogP contribution in [0.1, 0.15) is 22.5 Å². The number of carboxylic acids is 1. The molecule has 1 unspecified atom stereocenters. The number of hydrogen-bond acceptors (Lipinski definition) is 3. The van der Waals surface area contributed by atoms with Crippen LogP contribution in [0.15, 0.2) is 30.5 Å². The van der Waals surface area contributed by atoms with Gasteiger partial charge in [-0.25, -0.2) is 9.07 Å². The molecule has 0 radical (unpaired) electrons. The van der Waals surface area contributed by atoms with Crippen molar-refractivity contribution >= 4 is 11.9 Å². The van der Waals surface area contributed by atoms with Gasteiger partial charge in [0.2, 0.25) is 0 Å². The molecule has 2 heterocycles. The molecule has 0 spiro atoms. The van der Waals surface area contributed by atoms with Crippen LogP contribution in [0.3, 0.4) is 0 Å². The van der Waals surface area contributed by atoms with Gasteiger partial charge in [-0.15, -0.1) is 0 Å². The highest BCUT2D eigenvalue weighted by molar-refractivity contribution is 5.95. The monoisotopic (exact) mass is 317 g/mol. The molecule has 1 aliphatic rings. The molecule has 1 saturated heterocycles. The second-order valence-electron chi connectivity index (χ2n) is 5.61.